The van der Waals surface area contributed by atoms with E-state index in [9.17, 15) is 19.1 Å². The van der Waals surface area contributed by atoms with E-state index in [2.05, 4.69) is 15.9 Å². The molecule has 2 rings (SSSR count). The number of carboxylic acid groups (broad SMARTS) is 1. The van der Waals surface area contributed by atoms with E-state index in [1.54, 1.807) is 26.8 Å². The van der Waals surface area contributed by atoms with Gasteiger partial charge in [0.05, 0.1) is 6.04 Å². The number of likely N-dealkylation sites (tertiary alicyclic amines) is 1. The second-order valence-electron chi connectivity index (χ2n) is 8.25. The third kappa shape index (κ3) is 4.37. The third-order valence-electron chi connectivity index (χ3n) is 4.57. The molecule has 1 aliphatic rings. The zero-order valence-electron chi connectivity index (χ0n) is 15.7. The highest BCUT2D eigenvalue weighted by atomic mass is 79.9. The average Bonchev–Trinajstić information content (AvgIpc) is 2.75. The van der Waals surface area contributed by atoms with Crippen molar-refractivity contribution in [2.75, 3.05) is 0 Å². The van der Waals surface area contributed by atoms with Crippen LogP contribution in [0.2, 0.25) is 0 Å². The van der Waals surface area contributed by atoms with E-state index in [4.69, 9.17) is 4.74 Å². The Bertz CT molecular complexity index is 714. The predicted molar refractivity (Wildman–Crippen MR) is 99.7 cm³/mol. The van der Waals surface area contributed by atoms with E-state index in [1.165, 1.54) is 17.0 Å². The Balaban J connectivity index is 2.46. The molecule has 0 unspecified atom stereocenters. The number of carboxylic acids is 1. The molecule has 0 saturated carbocycles. The van der Waals surface area contributed by atoms with Gasteiger partial charge in [0, 0.05) is 15.6 Å². The lowest BCUT2D eigenvalue weighted by Crippen LogP contribution is -2.51. The van der Waals surface area contributed by atoms with Crippen molar-refractivity contribution in [2.45, 2.75) is 70.6 Å². The number of rotatable bonds is 3. The van der Waals surface area contributed by atoms with Gasteiger partial charge in [-0.25, -0.2) is 9.18 Å². The van der Waals surface area contributed by atoms with Gasteiger partial charge in [0.25, 0.3) is 0 Å². The highest BCUT2D eigenvalue weighted by Gasteiger charge is 2.50. The number of carbonyl (C=O) groups excluding carboxylic acids is 1. The summed E-state index contributed by atoms with van der Waals surface area (Å²) < 4.78 is 20.5. The number of aliphatic carboxylic acids is 1. The van der Waals surface area contributed by atoms with Crippen molar-refractivity contribution in [3.05, 3.63) is 34.1 Å². The maximum atomic E-state index is 14.5. The number of benzene rings is 1. The highest BCUT2D eigenvalue weighted by molar-refractivity contribution is 9.10. The summed E-state index contributed by atoms with van der Waals surface area (Å²) >= 11 is 3.18. The molecule has 144 valence electrons. The zero-order valence-corrected chi connectivity index (χ0v) is 17.3. The summed E-state index contributed by atoms with van der Waals surface area (Å²) in [6.45, 7) is 9.01. The molecule has 0 bridgehead atoms. The second kappa shape index (κ2) is 7.18. The fourth-order valence-electron chi connectivity index (χ4n) is 3.47. The van der Waals surface area contributed by atoms with Gasteiger partial charge in [-0.05, 0) is 59.6 Å². The van der Waals surface area contributed by atoms with Crippen molar-refractivity contribution in [3.8, 4) is 0 Å². The Morgan fingerprint density at radius 1 is 1.38 bits per heavy atom. The van der Waals surface area contributed by atoms with Gasteiger partial charge < -0.3 is 9.84 Å². The fourth-order valence-corrected chi connectivity index (χ4v) is 3.80. The Kier molecular flexibility index (Phi) is 5.71. The molecule has 26 heavy (non-hydrogen) atoms. The van der Waals surface area contributed by atoms with Crippen LogP contribution in [0.25, 0.3) is 0 Å². The SMILES string of the molecule is CC(C)(C)OC(=O)N1[C@H]([C@H](C(=O)O)c2ccc(Br)cc2F)CCC1(C)C. The van der Waals surface area contributed by atoms with Gasteiger partial charge in [0.15, 0.2) is 0 Å². The van der Waals surface area contributed by atoms with Crippen molar-refractivity contribution in [1.29, 1.82) is 0 Å². The minimum atomic E-state index is -1.17. The molecule has 1 fully saturated rings. The first-order chi connectivity index (χ1) is 11.8. The molecule has 7 heteroatoms. The summed E-state index contributed by atoms with van der Waals surface area (Å²) in [6.07, 6.45) is 0.492. The van der Waals surface area contributed by atoms with E-state index in [1.807, 2.05) is 13.8 Å². The minimum Gasteiger partial charge on any atom is -0.481 e. The highest BCUT2D eigenvalue weighted by Crippen LogP contribution is 2.42. The van der Waals surface area contributed by atoms with Crippen molar-refractivity contribution in [1.82, 2.24) is 4.90 Å². The van der Waals surface area contributed by atoms with E-state index >= 15 is 0 Å². The molecule has 0 spiro atoms. The molecule has 1 heterocycles. The maximum Gasteiger partial charge on any atom is 0.411 e. The van der Waals surface area contributed by atoms with Gasteiger partial charge in [-0.2, -0.15) is 0 Å². The standard InChI is InChI=1S/C19H25BrFNO4/c1-18(2,3)26-17(25)22-14(8-9-19(22,4)5)15(16(23)24)12-7-6-11(20)10-13(12)21/h6-7,10,14-15H,8-9H2,1-5H3,(H,23,24)/t14-,15+/m0/s1. The van der Waals surface area contributed by atoms with Gasteiger partial charge in [0.1, 0.15) is 17.3 Å². The summed E-state index contributed by atoms with van der Waals surface area (Å²) in [4.78, 5) is 26.3. The van der Waals surface area contributed by atoms with Crippen LogP contribution in [0.3, 0.4) is 0 Å². The topological polar surface area (TPSA) is 66.8 Å². The molecule has 1 aromatic carbocycles. The quantitative estimate of drug-likeness (QED) is 0.738. The molecule has 0 radical (unpaired) electrons. The number of halogens is 2. The molecule has 1 N–H and O–H groups in total. The molecular formula is C19H25BrFNO4. The van der Waals surface area contributed by atoms with E-state index in [0.717, 1.165) is 0 Å². The van der Waals surface area contributed by atoms with Gasteiger partial charge in [-0.1, -0.05) is 22.0 Å². The fraction of sp³-hybridized carbons (Fsp3) is 0.579. The molecule has 1 aromatic rings. The second-order valence-corrected chi connectivity index (χ2v) is 9.17. The normalized spacial score (nSPS) is 20.7. The molecule has 0 aromatic heterocycles. The lowest BCUT2D eigenvalue weighted by atomic mass is 9.89. The Morgan fingerprint density at radius 2 is 2.00 bits per heavy atom. The lowest BCUT2D eigenvalue weighted by molar-refractivity contribution is -0.140. The van der Waals surface area contributed by atoms with E-state index in [0.29, 0.717) is 17.3 Å². The Labute approximate surface area is 161 Å². The van der Waals surface area contributed by atoms with Gasteiger partial charge in [-0.3, -0.25) is 9.69 Å². The number of hydrogen-bond acceptors (Lipinski definition) is 3. The van der Waals surface area contributed by atoms with Gasteiger partial charge >= 0.3 is 12.1 Å². The lowest BCUT2D eigenvalue weighted by Gasteiger charge is -2.39. The van der Waals surface area contributed by atoms with Crippen LogP contribution in [-0.2, 0) is 9.53 Å². The molecule has 1 amide bonds. The molecular weight excluding hydrogens is 405 g/mol. The third-order valence-corrected chi connectivity index (χ3v) is 5.07. The predicted octanol–water partition coefficient (Wildman–Crippen LogP) is 4.93. The summed E-state index contributed by atoms with van der Waals surface area (Å²) in [7, 11) is 0. The summed E-state index contributed by atoms with van der Waals surface area (Å²) in [5, 5.41) is 9.83. The van der Waals surface area contributed by atoms with Gasteiger partial charge in [0.2, 0.25) is 0 Å². The summed E-state index contributed by atoms with van der Waals surface area (Å²) in [5.74, 6) is -2.94. The van der Waals surface area contributed by atoms with Crippen LogP contribution in [0.15, 0.2) is 22.7 Å². The first kappa shape index (κ1) is 20.7. The average molecular weight is 430 g/mol. The van der Waals surface area contributed by atoms with Crippen molar-refractivity contribution in [3.63, 3.8) is 0 Å². The summed E-state index contributed by atoms with van der Waals surface area (Å²) in [5.41, 5.74) is -1.22. The monoisotopic (exact) mass is 429 g/mol. The van der Waals surface area contributed by atoms with Crippen LogP contribution in [0.4, 0.5) is 9.18 Å². The molecule has 5 nitrogen and oxygen atoms in total. The summed E-state index contributed by atoms with van der Waals surface area (Å²) in [6, 6.07) is 3.61. The number of amides is 1. The number of carbonyl (C=O) groups is 2. The van der Waals surface area contributed by atoms with Crippen LogP contribution in [0.1, 0.15) is 58.9 Å². The van der Waals surface area contributed by atoms with Crippen molar-refractivity contribution in [2.24, 2.45) is 0 Å². The Hall–Kier alpha value is -1.63. The number of hydrogen-bond donors (Lipinski definition) is 1. The number of ether oxygens (including phenoxy) is 1. The molecule has 0 aliphatic carbocycles. The van der Waals surface area contributed by atoms with E-state index < -0.39 is 41.0 Å². The van der Waals surface area contributed by atoms with Crippen molar-refractivity contribution >= 4 is 28.0 Å². The van der Waals surface area contributed by atoms with Crippen LogP contribution in [-0.4, -0.2) is 39.3 Å². The van der Waals surface area contributed by atoms with Crippen LogP contribution >= 0.6 is 15.9 Å². The van der Waals surface area contributed by atoms with E-state index in [-0.39, 0.29) is 5.56 Å². The molecule has 1 saturated heterocycles. The Morgan fingerprint density at radius 3 is 2.50 bits per heavy atom. The molecule has 2 atom stereocenters. The van der Waals surface area contributed by atoms with Crippen molar-refractivity contribution < 1.29 is 23.8 Å². The first-order valence-electron chi connectivity index (χ1n) is 8.53. The molecule has 1 aliphatic heterocycles. The minimum absolute atomic E-state index is 0.0666. The smallest absolute Gasteiger partial charge is 0.411 e. The first-order valence-corrected chi connectivity index (χ1v) is 9.33. The van der Waals surface area contributed by atoms with Crippen LogP contribution < -0.4 is 0 Å². The number of nitrogens with zero attached hydrogens (tertiary/aromatic N) is 1. The van der Waals surface area contributed by atoms with Gasteiger partial charge in [-0.15, -0.1) is 0 Å². The largest absolute Gasteiger partial charge is 0.481 e. The van der Waals surface area contributed by atoms with Crippen LogP contribution in [0.5, 0.6) is 0 Å². The van der Waals surface area contributed by atoms with Crippen LogP contribution in [0, 0.1) is 5.82 Å². The zero-order chi connectivity index (χ0) is 19.9. The maximum absolute atomic E-state index is 14.5.